The van der Waals surface area contributed by atoms with Crippen molar-refractivity contribution in [1.82, 2.24) is 14.5 Å². The minimum absolute atomic E-state index is 0.0630. The van der Waals surface area contributed by atoms with Gasteiger partial charge < -0.3 is 24.7 Å². The van der Waals surface area contributed by atoms with Crippen LogP contribution in [0.4, 0.5) is 0 Å². The fourth-order valence-electron chi connectivity index (χ4n) is 3.15. The number of hydrogen-bond acceptors (Lipinski definition) is 5. The largest absolute Gasteiger partial charge is 0.382 e. The van der Waals surface area contributed by atoms with Gasteiger partial charge in [0.15, 0.2) is 0 Å². The lowest BCUT2D eigenvalue weighted by Crippen LogP contribution is -2.52. The Hall–Kier alpha value is -2.22. The number of hydrogen-bond donors (Lipinski definition) is 1. The SMILES string of the molecule is COCC1CN(C(=O)[C@@H](N)Cc2cn(Cc3ccccc3)cn2)CCO1. The molecule has 2 N–H and O–H groups in total. The Bertz CT molecular complexity index is 702. The molecule has 26 heavy (non-hydrogen) atoms. The zero-order valence-corrected chi connectivity index (χ0v) is 15.1. The van der Waals surface area contributed by atoms with Crippen molar-refractivity contribution in [2.75, 3.05) is 33.4 Å². The van der Waals surface area contributed by atoms with Gasteiger partial charge >= 0.3 is 0 Å². The second-order valence-electron chi connectivity index (χ2n) is 6.57. The molecule has 7 nitrogen and oxygen atoms in total. The molecule has 3 rings (SSSR count). The van der Waals surface area contributed by atoms with Crippen molar-refractivity contribution < 1.29 is 14.3 Å². The van der Waals surface area contributed by atoms with Crippen LogP contribution < -0.4 is 5.73 Å². The van der Waals surface area contributed by atoms with Crippen LogP contribution in [0.1, 0.15) is 11.3 Å². The Kier molecular flexibility index (Phi) is 6.38. The van der Waals surface area contributed by atoms with Crippen LogP contribution in [0, 0.1) is 0 Å². The maximum Gasteiger partial charge on any atom is 0.240 e. The zero-order chi connectivity index (χ0) is 18.4. The molecule has 1 unspecified atom stereocenters. The van der Waals surface area contributed by atoms with E-state index in [1.165, 1.54) is 5.56 Å². The van der Waals surface area contributed by atoms with E-state index in [0.29, 0.717) is 32.7 Å². The van der Waals surface area contributed by atoms with E-state index >= 15 is 0 Å². The van der Waals surface area contributed by atoms with Crippen LogP contribution in [0.5, 0.6) is 0 Å². The normalized spacial score (nSPS) is 18.7. The molecular formula is C19H26N4O3. The third kappa shape index (κ3) is 4.91. The van der Waals surface area contributed by atoms with Gasteiger partial charge in [-0.3, -0.25) is 4.79 Å². The molecule has 0 saturated carbocycles. The molecule has 140 valence electrons. The molecule has 7 heteroatoms. The maximum absolute atomic E-state index is 12.6. The van der Waals surface area contributed by atoms with E-state index in [1.807, 2.05) is 29.0 Å². The highest BCUT2D eigenvalue weighted by Gasteiger charge is 2.28. The number of rotatable bonds is 7. The van der Waals surface area contributed by atoms with Crippen molar-refractivity contribution >= 4 is 5.91 Å². The van der Waals surface area contributed by atoms with Gasteiger partial charge in [-0.05, 0) is 5.56 Å². The number of nitrogens with zero attached hydrogens (tertiary/aromatic N) is 3. The van der Waals surface area contributed by atoms with Crippen molar-refractivity contribution in [3.05, 3.63) is 54.1 Å². The van der Waals surface area contributed by atoms with E-state index in [0.717, 1.165) is 12.2 Å². The second kappa shape index (κ2) is 8.93. The number of imidazole rings is 1. The number of morpholine rings is 1. The van der Waals surface area contributed by atoms with Gasteiger partial charge in [-0.15, -0.1) is 0 Å². The quantitative estimate of drug-likeness (QED) is 0.787. The topological polar surface area (TPSA) is 82.6 Å². The molecule has 1 aromatic carbocycles. The van der Waals surface area contributed by atoms with E-state index < -0.39 is 6.04 Å². The van der Waals surface area contributed by atoms with Crippen molar-refractivity contribution in [3.63, 3.8) is 0 Å². The molecule has 0 bridgehead atoms. The van der Waals surface area contributed by atoms with Gasteiger partial charge in [0.1, 0.15) is 0 Å². The molecule has 1 saturated heterocycles. The Morgan fingerprint density at radius 1 is 1.42 bits per heavy atom. The monoisotopic (exact) mass is 358 g/mol. The average Bonchev–Trinajstić information content (AvgIpc) is 3.09. The molecular weight excluding hydrogens is 332 g/mol. The van der Waals surface area contributed by atoms with E-state index in [9.17, 15) is 4.79 Å². The highest BCUT2D eigenvalue weighted by molar-refractivity contribution is 5.82. The fraction of sp³-hybridized carbons (Fsp3) is 0.474. The van der Waals surface area contributed by atoms with Crippen molar-refractivity contribution in [3.8, 4) is 0 Å². The van der Waals surface area contributed by atoms with Crippen molar-refractivity contribution in [2.45, 2.75) is 25.1 Å². The summed E-state index contributed by atoms with van der Waals surface area (Å²) in [6.45, 7) is 2.82. The highest BCUT2D eigenvalue weighted by Crippen LogP contribution is 2.10. The van der Waals surface area contributed by atoms with Gasteiger partial charge in [0.25, 0.3) is 0 Å². The lowest BCUT2D eigenvalue weighted by Gasteiger charge is -2.34. The minimum atomic E-state index is -0.601. The molecule has 0 spiro atoms. The third-order valence-corrected chi connectivity index (χ3v) is 4.44. The maximum atomic E-state index is 12.6. The predicted octanol–water partition coefficient (Wildman–Crippen LogP) is 0.675. The highest BCUT2D eigenvalue weighted by atomic mass is 16.5. The number of carbonyl (C=O) groups excluding carboxylic acids is 1. The molecule has 2 aromatic rings. The molecule has 1 fully saturated rings. The Labute approximate surface area is 153 Å². The third-order valence-electron chi connectivity index (χ3n) is 4.44. The number of ether oxygens (including phenoxy) is 2. The fourth-order valence-corrected chi connectivity index (χ4v) is 3.15. The van der Waals surface area contributed by atoms with E-state index in [-0.39, 0.29) is 12.0 Å². The van der Waals surface area contributed by atoms with E-state index in [4.69, 9.17) is 15.2 Å². The number of carbonyl (C=O) groups is 1. The first kappa shape index (κ1) is 18.6. The number of methoxy groups -OCH3 is 1. The minimum Gasteiger partial charge on any atom is -0.382 e. The first-order valence-electron chi connectivity index (χ1n) is 8.85. The molecule has 0 aliphatic carbocycles. The summed E-state index contributed by atoms with van der Waals surface area (Å²) in [6, 6.07) is 9.57. The van der Waals surface area contributed by atoms with Crippen LogP contribution in [0.15, 0.2) is 42.9 Å². The van der Waals surface area contributed by atoms with E-state index in [2.05, 4.69) is 17.1 Å². The van der Waals surface area contributed by atoms with Crippen LogP contribution in [0.2, 0.25) is 0 Å². The van der Waals surface area contributed by atoms with Gasteiger partial charge in [0.05, 0.1) is 37.4 Å². The number of benzene rings is 1. The summed E-state index contributed by atoms with van der Waals surface area (Å²) in [5.41, 5.74) is 8.17. The summed E-state index contributed by atoms with van der Waals surface area (Å²) < 4.78 is 12.7. The van der Waals surface area contributed by atoms with E-state index in [1.54, 1.807) is 18.3 Å². The lowest BCUT2D eigenvalue weighted by atomic mass is 10.1. The van der Waals surface area contributed by atoms with Gasteiger partial charge in [-0.2, -0.15) is 0 Å². The van der Waals surface area contributed by atoms with Gasteiger partial charge in [-0.25, -0.2) is 4.98 Å². The van der Waals surface area contributed by atoms with Gasteiger partial charge in [0, 0.05) is 39.4 Å². The van der Waals surface area contributed by atoms with Gasteiger partial charge in [-0.1, -0.05) is 30.3 Å². The molecule has 1 amide bonds. The van der Waals surface area contributed by atoms with Crippen LogP contribution in [-0.2, 0) is 27.2 Å². The second-order valence-corrected chi connectivity index (χ2v) is 6.57. The molecule has 1 aromatic heterocycles. The Morgan fingerprint density at radius 2 is 2.23 bits per heavy atom. The number of aromatic nitrogens is 2. The van der Waals surface area contributed by atoms with Crippen LogP contribution in [-0.4, -0.2) is 65.9 Å². The van der Waals surface area contributed by atoms with Gasteiger partial charge in [0.2, 0.25) is 5.91 Å². The van der Waals surface area contributed by atoms with Crippen molar-refractivity contribution in [1.29, 1.82) is 0 Å². The summed E-state index contributed by atoms with van der Waals surface area (Å²) >= 11 is 0. The Morgan fingerprint density at radius 3 is 3.00 bits per heavy atom. The zero-order valence-electron chi connectivity index (χ0n) is 15.1. The standard InChI is InChI=1S/C19H26N4O3/c1-25-13-17-12-23(7-8-26-17)19(24)18(20)9-16-11-22(14-21-16)10-15-5-3-2-4-6-15/h2-6,11,14,17-18H,7-10,12-13,20H2,1H3/t17?,18-/m0/s1. The molecule has 1 aliphatic rings. The first-order chi connectivity index (χ1) is 12.7. The lowest BCUT2D eigenvalue weighted by molar-refractivity contribution is -0.142. The summed E-state index contributed by atoms with van der Waals surface area (Å²) in [5.74, 6) is -0.0630. The Balaban J connectivity index is 1.54. The number of nitrogens with two attached hydrogens (primary N) is 1. The van der Waals surface area contributed by atoms with Crippen LogP contribution >= 0.6 is 0 Å². The van der Waals surface area contributed by atoms with Crippen LogP contribution in [0.25, 0.3) is 0 Å². The van der Waals surface area contributed by atoms with Crippen LogP contribution in [0.3, 0.4) is 0 Å². The smallest absolute Gasteiger partial charge is 0.240 e. The summed E-state index contributed by atoms with van der Waals surface area (Å²) in [5, 5.41) is 0. The molecule has 2 atom stereocenters. The molecule has 0 radical (unpaired) electrons. The summed E-state index contributed by atoms with van der Waals surface area (Å²) in [4.78, 5) is 18.8. The predicted molar refractivity (Wildman–Crippen MR) is 97.6 cm³/mol. The molecule has 2 heterocycles. The summed E-state index contributed by atoms with van der Waals surface area (Å²) in [6.07, 6.45) is 4.07. The summed E-state index contributed by atoms with van der Waals surface area (Å²) in [7, 11) is 1.63. The molecule has 1 aliphatic heterocycles. The first-order valence-corrected chi connectivity index (χ1v) is 8.85. The number of amides is 1. The van der Waals surface area contributed by atoms with Crippen molar-refractivity contribution in [2.24, 2.45) is 5.73 Å². The average molecular weight is 358 g/mol.